The van der Waals surface area contributed by atoms with Crippen LogP contribution in [-0.4, -0.2) is 37.0 Å². The number of halogens is 1. The molecule has 1 unspecified atom stereocenters. The zero-order chi connectivity index (χ0) is 26.1. The van der Waals surface area contributed by atoms with Crippen LogP contribution >= 0.6 is 11.6 Å². The van der Waals surface area contributed by atoms with Gasteiger partial charge in [0, 0.05) is 11.6 Å². The molecular formula is C28H23ClN2O6. The highest BCUT2D eigenvalue weighted by Gasteiger charge is 2.42. The van der Waals surface area contributed by atoms with Gasteiger partial charge in [0.05, 0.1) is 24.1 Å². The van der Waals surface area contributed by atoms with E-state index in [1.165, 1.54) is 0 Å². The van der Waals surface area contributed by atoms with E-state index in [1.54, 1.807) is 54.5 Å². The Morgan fingerprint density at radius 2 is 1.73 bits per heavy atom. The minimum atomic E-state index is -0.675. The minimum Gasteiger partial charge on any atom is -0.497 e. The molecule has 2 heterocycles. The lowest BCUT2D eigenvalue weighted by atomic mass is 9.98. The Hall–Kier alpha value is -4.30. The lowest BCUT2D eigenvalue weighted by Crippen LogP contribution is -2.31. The van der Waals surface area contributed by atoms with Crippen LogP contribution in [0.4, 0.5) is 0 Å². The van der Waals surface area contributed by atoms with Gasteiger partial charge in [-0.3, -0.25) is 14.4 Å². The number of rotatable bonds is 8. The molecule has 4 aromatic rings. The molecule has 0 aliphatic carbocycles. The standard InChI is InChI=1S/C28H23ClN2O6/c1-35-19-7-2-16(3-8-19)12-13-31-25(17-4-9-20(10-5-17)36-15-23(30)32)24-26(33)21-14-18(29)6-11-22(21)37-27(24)28(31)34/h2-11,14,25H,12-13,15H2,1H3,(H2,30,32). The van der Waals surface area contributed by atoms with Gasteiger partial charge < -0.3 is 24.5 Å². The first-order valence-corrected chi connectivity index (χ1v) is 11.9. The van der Waals surface area contributed by atoms with E-state index in [4.69, 9.17) is 31.2 Å². The first kappa shape index (κ1) is 24.4. The second kappa shape index (κ2) is 9.99. The van der Waals surface area contributed by atoms with Gasteiger partial charge in [0.2, 0.25) is 5.76 Å². The summed E-state index contributed by atoms with van der Waals surface area (Å²) in [5, 5.41) is 0.704. The molecule has 1 atom stereocenters. The SMILES string of the molecule is COc1ccc(CCN2C(=O)c3oc4ccc(Cl)cc4c(=O)c3C2c2ccc(OCC(N)=O)cc2)cc1. The van der Waals surface area contributed by atoms with E-state index < -0.39 is 11.9 Å². The van der Waals surface area contributed by atoms with Crippen molar-refractivity contribution in [2.24, 2.45) is 5.73 Å². The van der Waals surface area contributed by atoms with Gasteiger partial charge in [-0.2, -0.15) is 0 Å². The molecule has 0 radical (unpaired) electrons. The summed E-state index contributed by atoms with van der Waals surface area (Å²) in [6.07, 6.45) is 0.555. The van der Waals surface area contributed by atoms with Crippen LogP contribution in [0.25, 0.3) is 11.0 Å². The Morgan fingerprint density at radius 3 is 2.41 bits per heavy atom. The largest absolute Gasteiger partial charge is 0.497 e. The molecule has 0 fully saturated rings. The molecule has 1 aromatic heterocycles. The summed E-state index contributed by atoms with van der Waals surface area (Å²) in [5.74, 6) is 0.247. The number of amides is 2. The lowest BCUT2D eigenvalue weighted by molar-refractivity contribution is -0.119. The number of primary amides is 1. The molecule has 188 valence electrons. The number of carbonyl (C=O) groups is 2. The van der Waals surface area contributed by atoms with Crippen molar-refractivity contribution in [3.8, 4) is 11.5 Å². The second-order valence-electron chi connectivity index (χ2n) is 8.64. The van der Waals surface area contributed by atoms with E-state index in [-0.39, 0.29) is 29.3 Å². The van der Waals surface area contributed by atoms with Gasteiger partial charge in [0.1, 0.15) is 17.1 Å². The van der Waals surface area contributed by atoms with Crippen molar-refractivity contribution in [2.75, 3.05) is 20.3 Å². The Balaban J connectivity index is 1.55. The smallest absolute Gasteiger partial charge is 0.290 e. The summed E-state index contributed by atoms with van der Waals surface area (Å²) in [6, 6.07) is 18.5. The average molecular weight is 519 g/mol. The van der Waals surface area contributed by atoms with Crippen molar-refractivity contribution in [2.45, 2.75) is 12.5 Å². The second-order valence-corrected chi connectivity index (χ2v) is 9.07. The van der Waals surface area contributed by atoms with Crippen molar-refractivity contribution in [3.05, 3.63) is 104 Å². The Morgan fingerprint density at radius 1 is 1.03 bits per heavy atom. The number of carbonyl (C=O) groups excluding carboxylic acids is 2. The Bertz CT molecular complexity index is 1550. The molecule has 2 amide bonds. The number of nitrogens with zero attached hydrogens (tertiary/aromatic N) is 1. The molecule has 0 bridgehead atoms. The highest BCUT2D eigenvalue weighted by molar-refractivity contribution is 6.31. The summed E-state index contributed by atoms with van der Waals surface area (Å²) in [7, 11) is 1.60. The van der Waals surface area contributed by atoms with Crippen LogP contribution in [0.2, 0.25) is 5.02 Å². The zero-order valence-electron chi connectivity index (χ0n) is 19.9. The molecule has 1 aliphatic heterocycles. The molecule has 5 rings (SSSR count). The lowest BCUT2D eigenvalue weighted by Gasteiger charge is -2.25. The molecule has 0 spiro atoms. The van der Waals surface area contributed by atoms with Gasteiger partial charge in [0.25, 0.3) is 11.8 Å². The molecule has 9 heteroatoms. The fourth-order valence-corrected chi connectivity index (χ4v) is 4.68. The van der Waals surface area contributed by atoms with E-state index in [2.05, 4.69) is 0 Å². The van der Waals surface area contributed by atoms with Crippen LogP contribution in [0.3, 0.4) is 0 Å². The third-order valence-electron chi connectivity index (χ3n) is 6.31. The number of benzene rings is 3. The van der Waals surface area contributed by atoms with Crippen molar-refractivity contribution in [3.63, 3.8) is 0 Å². The fourth-order valence-electron chi connectivity index (χ4n) is 4.51. The average Bonchev–Trinajstić information content (AvgIpc) is 3.18. The molecule has 0 saturated carbocycles. The van der Waals surface area contributed by atoms with Gasteiger partial charge in [-0.15, -0.1) is 0 Å². The molecule has 1 aliphatic rings. The fraction of sp³-hybridized carbons (Fsp3) is 0.179. The molecule has 37 heavy (non-hydrogen) atoms. The Labute approximate surface area is 217 Å². The number of hydrogen-bond acceptors (Lipinski definition) is 6. The van der Waals surface area contributed by atoms with E-state index in [0.717, 1.165) is 11.3 Å². The van der Waals surface area contributed by atoms with E-state index in [1.807, 2.05) is 24.3 Å². The third-order valence-corrected chi connectivity index (χ3v) is 6.54. The van der Waals surface area contributed by atoms with Gasteiger partial charge in [-0.1, -0.05) is 35.9 Å². The summed E-state index contributed by atoms with van der Waals surface area (Å²) in [4.78, 5) is 39.9. The van der Waals surface area contributed by atoms with Crippen molar-refractivity contribution < 1.29 is 23.5 Å². The maximum Gasteiger partial charge on any atom is 0.290 e. The first-order valence-electron chi connectivity index (χ1n) is 11.6. The number of methoxy groups -OCH3 is 1. The molecule has 3 aromatic carbocycles. The predicted molar refractivity (Wildman–Crippen MR) is 138 cm³/mol. The van der Waals surface area contributed by atoms with Crippen LogP contribution in [0.1, 0.15) is 33.3 Å². The monoisotopic (exact) mass is 518 g/mol. The molecule has 0 saturated heterocycles. The summed E-state index contributed by atoms with van der Waals surface area (Å²) < 4.78 is 16.5. The molecular weight excluding hydrogens is 496 g/mol. The Kier molecular flexibility index (Phi) is 6.58. The highest BCUT2D eigenvalue weighted by atomic mass is 35.5. The van der Waals surface area contributed by atoms with Crippen molar-refractivity contribution in [1.29, 1.82) is 0 Å². The number of ether oxygens (including phenoxy) is 2. The predicted octanol–water partition coefficient (Wildman–Crippen LogP) is 4.11. The van der Waals surface area contributed by atoms with E-state index in [9.17, 15) is 14.4 Å². The van der Waals surface area contributed by atoms with Gasteiger partial charge >= 0.3 is 0 Å². The van der Waals surface area contributed by atoms with E-state index in [0.29, 0.717) is 40.3 Å². The first-order chi connectivity index (χ1) is 17.9. The van der Waals surface area contributed by atoms with E-state index >= 15 is 0 Å². The normalized spacial score (nSPS) is 14.6. The van der Waals surface area contributed by atoms with Gasteiger partial charge in [0.15, 0.2) is 12.0 Å². The number of hydrogen-bond donors (Lipinski definition) is 1. The minimum absolute atomic E-state index is 0.0219. The van der Waals surface area contributed by atoms with Crippen LogP contribution in [0, 0.1) is 0 Å². The van der Waals surface area contributed by atoms with Crippen LogP contribution in [0.15, 0.2) is 75.9 Å². The molecule has 8 nitrogen and oxygen atoms in total. The van der Waals surface area contributed by atoms with Crippen LogP contribution < -0.4 is 20.6 Å². The van der Waals surface area contributed by atoms with Crippen LogP contribution in [0.5, 0.6) is 11.5 Å². The maximum atomic E-state index is 13.6. The third kappa shape index (κ3) is 4.75. The summed E-state index contributed by atoms with van der Waals surface area (Å²) in [6.45, 7) is 0.0882. The van der Waals surface area contributed by atoms with Crippen molar-refractivity contribution in [1.82, 2.24) is 4.90 Å². The topological polar surface area (TPSA) is 112 Å². The number of nitrogens with two attached hydrogens (primary N) is 1. The number of fused-ring (bicyclic) bond motifs is 2. The summed E-state index contributed by atoms with van der Waals surface area (Å²) in [5.41, 5.74) is 7.12. The van der Waals surface area contributed by atoms with Gasteiger partial charge in [-0.05, 0) is 60.0 Å². The zero-order valence-corrected chi connectivity index (χ0v) is 20.7. The van der Waals surface area contributed by atoms with Crippen LogP contribution in [-0.2, 0) is 11.2 Å². The quantitative estimate of drug-likeness (QED) is 0.376. The maximum absolute atomic E-state index is 13.6. The summed E-state index contributed by atoms with van der Waals surface area (Å²) >= 11 is 6.15. The van der Waals surface area contributed by atoms with Gasteiger partial charge in [-0.25, -0.2) is 0 Å². The van der Waals surface area contributed by atoms with Crippen molar-refractivity contribution >= 4 is 34.4 Å². The highest BCUT2D eigenvalue weighted by Crippen LogP contribution is 2.39. The molecule has 2 N–H and O–H groups in total.